The highest BCUT2D eigenvalue weighted by Gasteiger charge is 2.17. The minimum absolute atomic E-state index is 0.120. The van der Waals surface area contributed by atoms with Crippen LogP contribution in [-0.2, 0) is 13.0 Å². The van der Waals surface area contributed by atoms with Gasteiger partial charge in [0.1, 0.15) is 0 Å². The molecule has 0 aliphatic rings. The number of nitrogens with zero attached hydrogens (tertiary/aromatic N) is 3. The van der Waals surface area contributed by atoms with Crippen molar-refractivity contribution in [3.8, 4) is 11.5 Å². The average Bonchev–Trinajstić information content (AvgIpc) is 3.09. The minimum Gasteiger partial charge on any atom is -0.493 e. The highest BCUT2D eigenvalue weighted by atomic mass is 79.9. The molecule has 3 N–H and O–H groups in total. The second kappa shape index (κ2) is 9.42. The van der Waals surface area contributed by atoms with Gasteiger partial charge in [0, 0.05) is 11.0 Å². The van der Waals surface area contributed by atoms with Gasteiger partial charge >= 0.3 is 0 Å². The molecule has 0 spiro atoms. The van der Waals surface area contributed by atoms with Crippen LogP contribution < -0.4 is 20.5 Å². The number of benzene rings is 2. The van der Waals surface area contributed by atoms with E-state index in [9.17, 15) is 4.79 Å². The molecule has 0 aliphatic heterocycles. The maximum absolute atomic E-state index is 12.4. The molecule has 0 atom stereocenters. The number of anilines is 1. The van der Waals surface area contributed by atoms with Gasteiger partial charge in [-0.05, 0) is 41.8 Å². The van der Waals surface area contributed by atoms with Crippen LogP contribution in [0.1, 0.15) is 21.6 Å². The summed E-state index contributed by atoms with van der Waals surface area (Å²) in [5.41, 5.74) is 8.21. The van der Waals surface area contributed by atoms with Crippen LogP contribution in [0.3, 0.4) is 0 Å². The molecule has 0 aliphatic carbocycles. The molecule has 0 fully saturated rings. The van der Waals surface area contributed by atoms with Crippen molar-refractivity contribution in [1.29, 1.82) is 0 Å². The SMILES string of the molecule is COc1ccc(CCNC(=O)c2nnn(Cc3ccc(Br)cc3)c2N)cc1OC. The lowest BCUT2D eigenvalue weighted by Gasteiger charge is -2.10. The van der Waals surface area contributed by atoms with Crippen LogP contribution in [0.25, 0.3) is 0 Å². The average molecular weight is 460 g/mol. The summed E-state index contributed by atoms with van der Waals surface area (Å²) in [6, 6.07) is 13.4. The monoisotopic (exact) mass is 459 g/mol. The Labute approximate surface area is 177 Å². The number of amides is 1. The predicted molar refractivity (Wildman–Crippen MR) is 113 cm³/mol. The van der Waals surface area contributed by atoms with Gasteiger partial charge in [-0.2, -0.15) is 0 Å². The Hall–Kier alpha value is -3.07. The maximum Gasteiger partial charge on any atom is 0.275 e. The van der Waals surface area contributed by atoms with Crippen molar-refractivity contribution >= 4 is 27.7 Å². The smallest absolute Gasteiger partial charge is 0.275 e. The molecule has 0 unspecified atom stereocenters. The molecule has 3 rings (SSSR count). The van der Waals surface area contributed by atoms with E-state index in [0.717, 1.165) is 15.6 Å². The summed E-state index contributed by atoms with van der Waals surface area (Å²) in [5.74, 6) is 1.19. The van der Waals surface area contributed by atoms with Crippen LogP contribution in [-0.4, -0.2) is 41.7 Å². The molecule has 152 valence electrons. The fraction of sp³-hybridized carbons (Fsp3) is 0.250. The van der Waals surface area contributed by atoms with Crippen LogP contribution in [0.5, 0.6) is 11.5 Å². The number of aromatic nitrogens is 3. The first-order chi connectivity index (χ1) is 14.0. The molecule has 1 aromatic heterocycles. The van der Waals surface area contributed by atoms with E-state index in [1.807, 2.05) is 42.5 Å². The van der Waals surface area contributed by atoms with Crippen molar-refractivity contribution in [3.05, 3.63) is 63.8 Å². The van der Waals surface area contributed by atoms with Crippen LogP contribution >= 0.6 is 15.9 Å². The number of nitrogen functional groups attached to an aromatic ring is 1. The quantitative estimate of drug-likeness (QED) is 0.536. The Balaban J connectivity index is 1.58. The number of nitrogens with two attached hydrogens (primary N) is 1. The van der Waals surface area contributed by atoms with E-state index in [1.165, 1.54) is 4.68 Å². The third-order valence-electron chi connectivity index (χ3n) is 4.38. The molecular weight excluding hydrogens is 438 g/mol. The topological polar surface area (TPSA) is 104 Å². The Morgan fingerprint density at radius 2 is 1.79 bits per heavy atom. The van der Waals surface area contributed by atoms with Gasteiger partial charge in [-0.1, -0.05) is 39.3 Å². The van der Waals surface area contributed by atoms with Gasteiger partial charge in [-0.25, -0.2) is 4.68 Å². The first-order valence-corrected chi connectivity index (χ1v) is 9.73. The number of nitrogens with one attached hydrogen (secondary N) is 1. The van der Waals surface area contributed by atoms with Crippen LogP contribution in [0.2, 0.25) is 0 Å². The van der Waals surface area contributed by atoms with E-state index in [0.29, 0.717) is 31.0 Å². The molecule has 2 aromatic carbocycles. The lowest BCUT2D eigenvalue weighted by Crippen LogP contribution is -2.27. The summed E-state index contributed by atoms with van der Waals surface area (Å²) in [6.07, 6.45) is 0.624. The van der Waals surface area contributed by atoms with Crippen molar-refractivity contribution in [3.63, 3.8) is 0 Å². The van der Waals surface area contributed by atoms with Gasteiger partial charge in [-0.3, -0.25) is 4.79 Å². The predicted octanol–water partition coefficient (Wildman–Crippen LogP) is 2.66. The zero-order valence-corrected chi connectivity index (χ0v) is 17.8. The minimum atomic E-state index is -0.356. The lowest BCUT2D eigenvalue weighted by atomic mass is 10.1. The van der Waals surface area contributed by atoms with Gasteiger partial charge in [0.25, 0.3) is 5.91 Å². The van der Waals surface area contributed by atoms with Crippen LogP contribution in [0.4, 0.5) is 5.82 Å². The second-order valence-electron chi connectivity index (χ2n) is 6.30. The number of hydrogen-bond acceptors (Lipinski definition) is 6. The van der Waals surface area contributed by atoms with E-state index < -0.39 is 0 Å². The fourth-order valence-corrected chi connectivity index (χ4v) is 3.07. The van der Waals surface area contributed by atoms with Crippen molar-refractivity contribution in [2.75, 3.05) is 26.5 Å². The van der Waals surface area contributed by atoms with Crippen molar-refractivity contribution in [2.24, 2.45) is 0 Å². The van der Waals surface area contributed by atoms with E-state index in [-0.39, 0.29) is 17.4 Å². The summed E-state index contributed by atoms with van der Waals surface area (Å²) < 4.78 is 13.0. The number of hydrogen-bond donors (Lipinski definition) is 2. The molecule has 1 heterocycles. The second-order valence-corrected chi connectivity index (χ2v) is 7.22. The van der Waals surface area contributed by atoms with Gasteiger partial charge in [-0.15, -0.1) is 5.10 Å². The Kier molecular flexibility index (Phi) is 6.71. The zero-order valence-electron chi connectivity index (χ0n) is 16.2. The van der Waals surface area contributed by atoms with E-state index in [4.69, 9.17) is 15.2 Å². The van der Waals surface area contributed by atoms with Crippen LogP contribution in [0.15, 0.2) is 46.9 Å². The third-order valence-corrected chi connectivity index (χ3v) is 4.91. The summed E-state index contributed by atoms with van der Waals surface area (Å²) in [7, 11) is 3.18. The fourth-order valence-electron chi connectivity index (χ4n) is 2.80. The molecular formula is C20H22BrN5O3. The summed E-state index contributed by atoms with van der Waals surface area (Å²) in [4.78, 5) is 12.4. The largest absolute Gasteiger partial charge is 0.493 e. The number of ether oxygens (including phenoxy) is 2. The molecule has 0 saturated heterocycles. The molecule has 0 bridgehead atoms. The first-order valence-electron chi connectivity index (χ1n) is 8.94. The van der Waals surface area contributed by atoms with Gasteiger partial charge < -0.3 is 20.5 Å². The number of halogens is 1. The molecule has 0 saturated carbocycles. The lowest BCUT2D eigenvalue weighted by molar-refractivity contribution is 0.0950. The number of carbonyl (C=O) groups is 1. The third kappa shape index (κ3) is 5.05. The molecule has 3 aromatic rings. The highest BCUT2D eigenvalue weighted by Crippen LogP contribution is 2.27. The Bertz CT molecular complexity index is 988. The van der Waals surface area contributed by atoms with Gasteiger partial charge in [0.2, 0.25) is 0 Å². The van der Waals surface area contributed by atoms with Crippen molar-refractivity contribution < 1.29 is 14.3 Å². The molecule has 8 nitrogen and oxygen atoms in total. The molecule has 9 heteroatoms. The van der Waals surface area contributed by atoms with Crippen molar-refractivity contribution in [2.45, 2.75) is 13.0 Å². The van der Waals surface area contributed by atoms with Gasteiger partial charge in [0.05, 0.1) is 20.8 Å². The molecule has 29 heavy (non-hydrogen) atoms. The summed E-state index contributed by atoms with van der Waals surface area (Å²) >= 11 is 3.40. The van der Waals surface area contributed by atoms with Gasteiger partial charge in [0.15, 0.2) is 23.0 Å². The van der Waals surface area contributed by atoms with E-state index in [1.54, 1.807) is 14.2 Å². The summed E-state index contributed by atoms with van der Waals surface area (Å²) in [6.45, 7) is 0.859. The number of rotatable bonds is 8. The van der Waals surface area contributed by atoms with E-state index >= 15 is 0 Å². The Morgan fingerprint density at radius 3 is 2.48 bits per heavy atom. The maximum atomic E-state index is 12.4. The highest BCUT2D eigenvalue weighted by molar-refractivity contribution is 9.10. The Morgan fingerprint density at radius 1 is 1.10 bits per heavy atom. The number of methoxy groups -OCH3 is 2. The molecule has 0 radical (unpaired) electrons. The first kappa shape index (κ1) is 20.7. The number of carbonyl (C=O) groups excluding carboxylic acids is 1. The van der Waals surface area contributed by atoms with Crippen LogP contribution in [0, 0.1) is 0 Å². The standard InChI is InChI=1S/C20H22BrN5O3/c1-28-16-8-5-13(11-17(16)29-2)9-10-23-20(27)18-19(22)26(25-24-18)12-14-3-6-15(21)7-4-14/h3-8,11H,9-10,12,22H2,1-2H3,(H,23,27). The van der Waals surface area contributed by atoms with Crippen molar-refractivity contribution in [1.82, 2.24) is 20.3 Å². The normalized spacial score (nSPS) is 10.6. The summed E-state index contributed by atoms with van der Waals surface area (Å²) in [5, 5.41) is 10.8. The van der Waals surface area contributed by atoms with E-state index in [2.05, 4.69) is 31.6 Å². The zero-order chi connectivity index (χ0) is 20.8. The molecule has 1 amide bonds.